The van der Waals surface area contributed by atoms with Crippen LogP contribution in [-0.4, -0.2) is 43.2 Å². The van der Waals surface area contributed by atoms with E-state index in [1.54, 1.807) is 25.2 Å². The quantitative estimate of drug-likeness (QED) is 0.352. The average Bonchev–Trinajstić information content (AvgIpc) is 3.37. The van der Waals surface area contributed by atoms with Gasteiger partial charge in [0.1, 0.15) is 11.5 Å². The Morgan fingerprint density at radius 3 is 2.56 bits per heavy atom. The monoisotopic (exact) mass is 585 g/mol. The number of hydrogen-bond acceptors (Lipinski definition) is 4. The molecule has 5 fully saturated rings. The van der Waals surface area contributed by atoms with Crippen molar-refractivity contribution in [3.8, 4) is 5.75 Å². The number of fused-ring (bicyclic) bond motifs is 6. The Bertz CT molecular complexity index is 1320. The molecule has 1 aromatic rings. The van der Waals surface area contributed by atoms with Crippen molar-refractivity contribution in [3.63, 3.8) is 0 Å². The van der Waals surface area contributed by atoms with Gasteiger partial charge in [0.05, 0.1) is 7.11 Å². The minimum atomic E-state index is 0.245. The fourth-order valence-corrected chi connectivity index (χ4v) is 12.5. The van der Waals surface area contributed by atoms with Crippen LogP contribution in [-0.2, 0) is 21.4 Å². The lowest BCUT2D eigenvalue weighted by molar-refractivity contribution is -0.128. The van der Waals surface area contributed by atoms with Crippen molar-refractivity contribution in [1.29, 1.82) is 0 Å². The lowest BCUT2D eigenvalue weighted by Crippen LogP contribution is -2.59. The molecule has 0 N–H and O–H groups in total. The minimum absolute atomic E-state index is 0.245. The van der Waals surface area contributed by atoms with Crippen molar-refractivity contribution in [2.45, 2.75) is 122 Å². The first-order chi connectivity index (χ1) is 20.6. The molecule has 43 heavy (non-hydrogen) atoms. The fraction of sp³-hybridized carbons (Fsp3) is 0.744. The van der Waals surface area contributed by atoms with E-state index in [-0.39, 0.29) is 10.8 Å². The summed E-state index contributed by atoms with van der Waals surface area (Å²) in [5.41, 5.74) is 5.62. The third kappa shape index (κ3) is 4.54. The number of ether oxygens (including phenoxy) is 1. The Balaban J connectivity index is 0.000000141. The highest BCUT2D eigenvalue weighted by Gasteiger charge is 2.59. The molecule has 8 rings (SSSR count). The van der Waals surface area contributed by atoms with Gasteiger partial charge in [0.2, 0.25) is 0 Å². The van der Waals surface area contributed by atoms with E-state index >= 15 is 0 Å². The molecule has 4 nitrogen and oxygen atoms in total. The highest BCUT2D eigenvalue weighted by Crippen LogP contribution is 2.66. The van der Waals surface area contributed by atoms with Crippen LogP contribution in [0, 0.1) is 40.4 Å². The predicted molar refractivity (Wildman–Crippen MR) is 172 cm³/mol. The van der Waals surface area contributed by atoms with Crippen molar-refractivity contribution in [2.75, 3.05) is 20.7 Å². The van der Waals surface area contributed by atoms with Gasteiger partial charge in [-0.1, -0.05) is 38.3 Å². The molecule has 1 heterocycles. The van der Waals surface area contributed by atoms with Crippen molar-refractivity contribution in [1.82, 2.24) is 4.90 Å². The summed E-state index contributed by atoms with van der Waals surface area (Å²) in [5.74, 6) is 5.20. The maximum Gasteiger partial charge on any atom is 0.155 e. The molecule has 9 atom stereocenters. The van der Waals surface area contributed by atoms with E-state index in [4.69, 9.17) is 4.74 Å². The van der Waals surface area contributed by atoms with E-state index in [0.717, 1.165) is 61.1 Å². The van der Waals surface area contributed by atoms with Gasteiger partial charge in [-0.3, -0.25) is 9.59 Å². The van der Waals surface area contributed by atoms with Crippen LogP contribution in [0.25, 0.3) is 0 Å². The third-order valence-electron chi connectivity index (χ3n) is 14.8. The molecule has 1 aliphatic heterocycles. The Labute approximate surface area is 260 Å². The number of benzene rings is 1. The second-order valence-electron chi connectivity index (χ2n) is 16.3. The zero-order chi connectivity index (χ0) is 30.1. The number of nitrogens with zero attached hydrogens (tertiary/aromatic N) is 1. The summed E-state index contributed by atoms with van der Waals surface area (Å²) in [7, 11) is 4.12. The third-order valence-corrected chi connectivity index (χ3v) is 14.8. The van der Waals surface area contributed by atoms with Crippen LogP contribution in [0.15, 0.2) is 29.8 Å². The molecule has 4 saturated carbocycles. The molecular weight excluding hydrogens is 530 g/mol. The van der Waals surface area contributed by atoms with Crippen molar-refractivity contribution >= 4 is 11.6 Å². The second kappa shape index (κ2) is 10.8. The van der Waals surface area contributed by atoms with Gasteiger partial charge in [-0.05, 0) is 155 Å². The normalized spacial score (nSPS) is 43.0. The van der Waals surface area contributed by atoms with Gasteiger partial charge in [-0.15, -0.1) is 0 Å². The van der Waals surface area contributed by atoms with Gasteiger partial charge < -0.3 is 9.64 Å². The number of rotatable bonds is 2. The van der Waals surface area contributed by atoms with E-state index < -0.39 is 0 Å². The number of methoxy groups -OCH3 is 1. The van der Waals surface area contributed by atoms with Crippen LogP contribution in [0.5, 0.6) is 5.75 Å². The van der Waals surface area contributed by atoms with Gasteiger partial charge in [0.15, 0.2) is 5.78 Å². The van der Waals surface area contributed by atoms with Crippen LogP contribution < -0.4 is 4.74 Å². The van der Waals surface area contributed by atoms with E-state index in [1.807, 2.05) is 6.08 Å². The molecule has 2 bridgehead atoms. The zero-order valence-corrected chi connectivity index (χ0v) is 27.6. The Morgan fingerprint density at radius 2 is 1.77 bits per heavy atom. The van der Waals surface area contributed by atoms with Crippen LogP contribution >= 0.6 is 0 Å². The lowest BCUT2D eigenvalue weighted by Gasteiger charge is -2.58. The first kappa shape index (κ1) is 29.8. The summed E-state index contributed by atoms with van der Waals surface area (Å²) in [5, 5.41) is 0. The maximum atomic E-state index is 12.1. The number of likely N-dealkylation sites (N-methyl/N-ethyl adjacent to an activating group) is 1. The molecule has 6 aliphatic carbocycles. The number of carbonyl (C=O) groups excluding carboxylic acids is 2. The summed E-state index contributed by atoms with van der Waals surface area (Å²) < 4.78 is 5.51. The molecule has 0 radical (unpaired) electrons. The zero-order valence-electron chi connectivity index (χ0n) is 27.6. The minimum Gasteiger partial charge on any atom is -0.497 e. The highest BCUT2D eigenvalue weighted by molar-refractivity contribution is 5.91. The molecule has 7 aliphatic rings. The summed E-state index contributed by atoms with van der Waals surface area (Å²) in [6.07, 6.45) is 19.2. The summed E-state index contributed by atoms with van der Waals surface area (Å²) in [4.78, 5) is 26.6. The molecule has 0 amide bonds. The van der Waals surface area contributed by atoms with E-state index in [2.05, 4.69) is 44.0 Å². The van der Waals surface area contributed by atoms with E-state index in [0.29, 0.717) is 22.9 Å². The van der Waals surface area contributed by atoms with Crippen LogP contribution in [0.3, 0.4) is 0 Å². The van der Waals surface area contributed by atoms with Crippen molar-refractivity contribution in [3.05, 3.63) is 41.0 Å². The Morgan fingerprint density at radius 1 is 0.930 bits per heavy atom. The molecule has 234 valence electrons. The number of Topliss-reactive ketones (excluding diaryl/α,β-unsaturated/α-hetero) is 1. The van der Waals surface area contributed by atoms with E-state index in [1.165, 1.54) is 76.3 Å². The number of ketones is 2. The number of likely N-dealkylation sites (tertiary alicyclic amines) is 1. The number of hydrogen-bond donors (Lipinski definition) is 0. The van der Waals surface area contributed by atoms with Crippen LogP contribution in [0.1, 0.15) is 115 Å². The number of carbonyl (C=O) groups is 2. The number of piperidine rings is 1. The Hall–Kier alpha value is -1.94. The molecular formula is C39H55NO3. The predicted octanol–water partition coefficient (Wildman–Crippen LogP) is 8.11. The summed E-state index contributed by atoms with van der Waals surface area (Å²) in [6, 6.07) is 7.60. The molecule has 4 heteroatoms. The molecule has 1 saturated heterocycles. The van der Waals surface area contributed by atoms with Gasteiger partial charge >= 0.3 is 0 Å². The highest BCUT2D eigenvalue weighted by atomic mass is 16.5. The standard InChI is InChI=1S/C21H30O2.C18H25NO/c1-13(22)17-6-7-18-16-5-4-14-12-15(23)8-10-20(14,2)19(16)9-11-21(17,18)3;1-19-10-9-18-8-4-3-5-15(18)17(19)11-13-6-7-14(20-2)12-16(13)18/h12,16-19H,4-11H2,1-3H3;6-7,12,15,17H,3-5,8-11H2,1-2H3/t16-,17+,18-,19-,20-,21+;15-,17+,18+/m01/s1. The van der Waals surface area contributed by atoms with Gasteiger partial charge in [-0.25, -0.2) is 0 Å². The Kier molecular flexibility index (Phi) is 7.51. The number of allylic oxidation sites excluding steroid dienone is 1. The fourth-order valence-electron chi connectivity index (χ4n) is 12.5. The van der Waals surface area contributed by atoms with Crippen molar-refractivity contribution < 1.29 is 14.3 Å². The van der Waals surface area contributed by atoms with E-state index in [9.17, 15) is 9.59 Å². The summed E-state index contributed by atoms with van der Waals surface area (Å²) >= 11 is 0. The van der Waals surface area contributed by atoms with Gasteiger partial charge in [0, 0.05) is 23.8 Å². The SMILES string of the molecule is CC(=O)[C@H]1CC[C@H]2[C@@H]3CCC4=CC(=O)CC[C@]4(C)[C@H]3CC[C@]12C.COc1ccc2c(c1)[C@]13CCCC[C@@H]1[C@H](C2)N(C)CC3. The van der Waals surface area contributed by atoms with Crippen molar-refractivity contribution in [2.24, 2.45) is 40.4 Å². The summed E-state index contributed by atoms with van der Waals surface area (Å²) in [6.45, 7) is 7.91. The van der Waals surface area contributed by atoms with Crippen LogP contribution in [0.4, 0.5) is 0 Å². The molecule has 0 aromatic heterocycles. The second-order valence-corrected chi connectivity index (χ2v) is 16.3. The van der Waals surface area contributed by atoms with Gasteiger partial charge in [-0.2, -0.15) is 0 Å². The molecule has 0 spiro atoms. The van der Waals surface area contributed by atoms with Crippen LogP contribution in [0.2, 0.25) is 0 Å². The lowest BCUT2D eigenvalue weighted by atomic mass is 9.47. The maximum absolute atomic E-state index is 12.1. The smallest absolute Gasteiger partial charge is 0.155 e. The first-order valence-corrected chi connectivity index (χ1v) is 17.7. The molecule has 0 unspecified atom stereocenters. The topological polar surface area (TPSA) is 46.6 Å². The van der Waals surface area contributed by atoms with Gasteiger partial charge in [0.25, 0.3) is 0 Å². The molecule has 1 aromatic carbocycles. The first-order valence-electron chi connectivity index (χ1n) is 17.7. The average molecular weight is 586 g/mol. The largest absolute Gasteiger partial charge is 0.497 e.